The third kappa shape index (κ3) is 2.71. The van der Waals surface area contributed by atoms with E-state index in [4.69, 9.17) is 15.8 Å². The highest BCUT2D eigenvalue weighted by molar-refractivity contribution is 5.83. The molecular weight excluding hydrogens is 366 g/mol. The molecule has 0 saturated carbocycles. The average molecular weight is 387 g/mol. The molecule has 1 aliphatic rings. The Morgan fingerprint density at radius 1 is 1.03 bits per heavy atom. The van der Waals surface area contributed by atoms with Crippen molar-refractivity contribution in [3.05, 3.63) is 57.3 Å². The Hall–Kier alpha value is -3.55. The summed E-state index contributed by atoms with van der Waals surface area (Å²) in [4.78, 5) is 27.0. The first-order chi connectivity index (χ1) is 13.9. The molecule has 3 aromatic heterocycles. The van der Waals surface area contributed by atoms with Crippen LogP contribution in [0, 0.1) is 20.8 Å². The molecule has 8 nitrogen and oxygen atoms in total. The van der Waals surface area contributed by atoms with Crippen LogP contribution in [0.15, 0.2) is 29.1 Å². The fraction of sp³-hybridized carbons (Fsp3) is 0.286. The lowest BCUT2D eigenvalue weighted by atomic mass is 10.1. The smallest absolute Gasteiger partial charge is 0.261 e. The first-order valence-corrected chi connectivity index (χ1v) is 9.64. The van der Waals surface area contributed by atoms with Crippen LogP contribution in [0.2, 0.25) is 0 Å². The topological polar surface area (TPSA) is 105 Å². The monoisotopic (exact) mass is 387 g/mol. The first-order valence-electron chi connectivity index (χ1n) is 9.64. The molecule has 29 heavy (non-hydrogen) atoms. The lowest BCUT2D eigenvalue weighted by Crippen LogP contribution is -2.23. The van der Waals surface area contributed by atoms with E-state index in [9.17, 15) is 4.79 Å². The molecule has 2 N–H and O–H groups in total. The normalized spacial score (nSPS) is 13.2. The molecular formula is C21H21N7O. The van der Waals surface area contributed by atoms with Crippen molar-refractivity contribution in [2.24, 2.45) is 0 Å². The number of rotatable bonds is 1. The Morgan fingerprint density at radius 2 is 1.79 bits per heavy atom. The molecule has 5 rings (SSSR count). The van der Waals surface area contributed by atoms with E-state index in [0.717, 1.165) is 29.1 Å². The molecule has 0 aliphatic carbocycles. The van der Waals surface area contributed by atoms with E-state index in [1.165, 1.54) is 0 Å². The van der Waals surface area contributed by atoms with Gasteiger partial charge in [0.1, 0.15) is 11.6 Å². The summed E-state index contributed by atoms with van der Waals surface area (Å²) in [6, 6.07) is 7.63. The summed E-state index contributed by atoms with van der Waals surface area (Å²) in [5.41, 5.74) is 11.4. The fourth-order valence-corrected chi connectivity index (χ4v) is 3.99. The number of fused-ring (bicyclic) bond motifs is 4. The summed E-state index contributed by atoms with van der Waals surface area (Å²) in [5, 5.41) is 5.32. The summed E-state index contributed by atoms with van der Waals surface area (Å²) in [6.07, 6.45) is 1.48. The Labute approximate surface area is 167 Å². The predicted octanol–water partition coefficient (Wildman–Crippen LogP) is 2.49. The zero-order valence-electron chi connectivity index (χ0n) is 16.6. The largest absolute Gasteiger partial charge is 0.383 e. The van der Waals surface area contributed by atoms with Crippen molar-refractivity contribution in [2.45, 2.75) is 40.2 Å². The molecule has 4 aromatic rings. The standard InChI is InChI=1S/C21H21N7O/c1-11-6-7-15-14(9-11)20(29)27-8-4-5-16-17(19(27)25-15)18(22)28(26-16)21-23-12(2)10-13(3)24-21/h6-7,9-10H,4-5,8,22H2,1-3H3. The fourth-order valence-electron chi connectivity index (χ4n) is 3.99. The summed E-state index contributed by atoms with van der Waals surface area (Å²) in [5.74, 6) is 1.39. The molecule has 1 aliphatic heterocycles. The SMILES string of the molecule is Cc1ccc2nc3n(c(=O)c2c1)CCCc1nn(-c2nc(C)cc(C)n2)c(N)c1-3. The van der Waals surface area contributed by atoms with E-state index in [1.54, 1.807) is 9.25 Å². The van der Waals surface area contributed by atoms with Gasteiger partial charge < -0.3 is 5.73 Å². The minimum Gasteiger partial charge on any atom is -0.383 e. The third-order valence-electron chi connectivity index (χ3n) is 5.28. The van der Waals surface area contributed by atoms with Gasteiger partial charge in [-0.05, 0) is 51.8 Å². The van der Waals surface area contributed by atoms with E-state index < -0.39 is 0 Å². The molecule has 4 heterocycles. The van der Waals surface area contributed by atoms with Crippen molar-refractivity contribution in [1.82, 2.24) is 29.3 Å². The van der Waals surface area contributed by atoms with Gasteiger partial charge in [-0.3, -0.25) is 9.36 Å². The van der Waals surface area contributed by atoms with Crippen LogP contribution in [0.25, 0.3) is 28.2 Å². The van der Waals surface area contributed by atoms with Crippen LogP contribution in [0.4, 0.5) is 5.82 Å². The number of nitrogen functional groups attached to an aromatic ring is 1. The van der Waals surface area contributed by atoms with Gasteiger partial charge in [-0.1, -0.05) is 11.6 Å². The number of aryl methyl sites for hydroxylation is 4. The number of benzene rings is 1. The molecule has 0 atom stereocenters. The van der Waals surface area contributed by atoms with Crippen LogP contribution < -0.4 is 11.3 Å². The van der Waals surface area contributed by atoms with Crippen molar-refractivity contribution in [3.8, 4) is 17.3 Å². The number of nitrogens with two attached hydrogens (primary N) is 1. The van der Waals surface area contributed by atoms with Crippen LogP contribution in [-0.4, -0.2) is 29.3 Å². The second-order valence-corrected chi connectivity index (χ2v) is 7.59. The molecule has 0 radical (unpaired) electrons. The van der Waals surface area contributed by atoms with Gasteiger partial charge in [0.15, 0.2) is 0 Å². The Bertz CT molecular complexity index is 1330. The number of hydrogen-bond donors (Lipinski definition) is 1. The van der Waals surface area contributed by atoms with Gasteiger partial charge in [0.25, 0.3) is 11.5 Å². The molecule has 146 valence electrons. The summed E-state index contributed by atoms with van der Waals surface area (Å²) in [6.45, 7) is 6.38. The Balaban J connectivity index is 1.80. The van der Waals surface area contributed by atoms with Gasteiger partial charge in [-0.15, -0.1) is 0 Å². The summed E-state index contributed by atoms with van der Waals surface area (Å²) >= 11 is 0. The number of aromatic nitrogens is 6. The zero-order chi connectivity index (χ0) is 20.3. The van der Waals surface area contributed by atoms with Crippen molar-refractivity contribution in [3.63, 3.8) is 0 Å². The van der Waals surface area contributed by atoms with Crippen LogP contribution in [-0.2, 0) is 13.0 Å². The predicted molar refractivity (Wildman–Crippen MR) is 111 cm³/mol. The summed E-state index contributed by atoms with van der Waals surface area (Å²) in [7, 11) is 0. The van der Waals surface area contributed by atoms with E-state index in [-0.39, 0.29) is 5.56 Å². The van der Waals surface area contributed by atoms with E-state index >= 15 is 0 Å². The maximum atomic E-state index is 13.2. The molecule has 0 unspecified atom stereocenters. The van der Waals surface area contributed by atoms with E-state index in [1.807, 2.05) is 45.0 Å². The van der Waals surface area contributed by atoms with Gasteiger partial charge in [0.2, 0.25) is 0 Å². The quantitative estimate of drug-likeness (QED) is 0.538. The van der Waals surface area contributed by atoms with Crippen molar-refractivity contribution >= 4 is 16.7 Å². The van der Waals surface area contributed by atoms with Crippen molar-refractivity contribution < 1.29 is 0 Å². The maximum absolute atomic E-state index is 13.2. The zero-order valence-corrected chi connectivity index (χ0v) is 16.6. The second kappa shape index (κ2) is 6.23. The molecule has 8 heteroatoms. The van der Waals surface area contributed by atoms with Gasteiger partial charge in [0, 0.05) is 17.9 Å². The van der Waals surface area contributed by atoms with Crippen LogP contribution in [0.3, 0.4) is 0 Å². The lowest BCUT2D eigenvalue weighted by molar-refractivity contribution is 0.628. The first kappa shape index (κ1) is 17.5. The van der Waals surface area contributed by atoms with Gasteiger partial charge in [-0.2, -0.15) is 9.78 Å². The Morgan fingerprint density at radius 3 is 2.55 bits per heavy atom. The van der Waals surface area contributed by atoms with Gasteiger partial charge in [0.05, 0.1) is 22.2 Å². The average Bonchev–Trinajstić information content (AvgIpc) is 2.88. The molecule has 0 fully saturated rings. The van der Waals surface area contributed by atoms with Crippen molar-refractivity contribution in [1.29, 1.82) is 0 Å². The molecule has 0 bridgehead atoms. The highest BCUT2D eigenvalue weighted by atomic mass is 16.1. The molecule has 0 spiro atoms. The van der Waals surface area contributed by atoms with Crippen LogP contribution in [0.5, 0.6) is 0 Å². The number of nitrogens with zero attached hydrogens (tertiary/aromatic N) is 6. The minimum absolute atomic E-state index is 0.0450. The molecule has 1 aromatic carbocycles. The third-order valence-corrected chi connectivity index (χ3v) is 5.28. The minimum atomic E-state index is -0.0450. The molecule has 0 amide bonds. The maximum Gasteiger partial charge on any atom is 0.261 e. The Kier molecular flexibility index (Phi) is 3.77. The van der Waals surface area contributed by atoms with Gasteiger partial charge >= 0.3 is 0 Å². The van der Waals surface area contributed by atoms with Crippen LogP contribution in [0.1, 0.15) is 29.1 Å². The van der Waals surface area contributed by atoms with Gasteiger partial charge in [-0.25, -0.2) is 15.0 Å². The lowest BCUT2D eigenvalue weighted by Gasteiger charge is -2.12. The summed E-state index contributed by atoms with van der Waals surface area (Å²) < 4.78 is 3.28. The number of hydrogen-bond acceptors (Lipinski definition) is 6. The highest BCUT2D eigenvalue weighted by Gasteiger charge is 2.26. The molecule has 0 saturated heterocycles. The van der Waals surface area contributed by atoms with Crippen LogP contribution >= 0.6 is 0 Å². The number of anilines is 1. The van der Waals surface area contributed by atoms with E-state index in [0.29, 0.717) is 47.0 Å². The highest BCUT2D eigenvalue weighted by Crippen LogP contribution is 2.33. The second-order valence-electron chi connectivity index (χ2n) is 7.59. The van der Waals surface area contributed by atoms with Crippen molar-refractivity contribution in [2.75, 3.05) is 5.73 Å². The van der Waals surface area contributed by atoms with E-state index in [2.05, 4.69) is 9.97 Å².